The second-order valence-corrected chi connectivity index (χ2v) is 5.34. The van der Waals surface area contributed by atoms with Crippen molar-refractivity contribution in [3.63, 3.8) is 0 Å². The first kappa shape index (κ1) is 14.4. The van der Waals surface area contributed by atoms with E-state index in [1.807, 2.05) is 13.1 Å². The van der Waals surface area contributed by atoms with Crippen molar-refractivity contribution in [2.75, 3.05) is 20.1 Å². The van der Waals surface area contributed by atoms with Gasteiger partial charge < -0.3 is 10.2 Å². The first-order valence-electron chi connectivity index (χ1n) is 6.84. The van der Waals surface area contributed by atoms with Gasteiger partial charge in [-0.25, -0.2) is 0 Å². The highest BCUT2D eigenvalue weighted by atomic mass is 35.5. The van der Waals surface area contributed by atoms with Crippen molar-refractivity contribution in [2.45, 2.75) is 31.2 Å². The number of nitrogens with one attached hydrogen (secondary N) is 1. The quantitative estimate of drug-likeness (QED) is 0.918. The first-order chi connectivity index (χ1) is 8.81. The Morgan fingerprint density at radius 2 is 2.21 bits per heavy atom. The molecule has 4 heteroatoms. The van der Waals surface area contributed by atoms with Gasteiger partial charge in [0, 0.05) is 19.1 Å². The van der Waals surface area contributed by atoms with E-state index in [1.54, 1.807) is 0 Å². The highest BCUT2D eigenvalue weighted by molar-refractivity contribution is 5.87. The third-order valence-electron chi connectivity index (χ3n) is 4.25. The van der Waals surface area contributed by atoms with Crippen LogP contribution in [0.5, 0.6) is 0 Å². The molecule has 2 unspecified atom stereocenters. The van der Waals surface area contributed by atoms with Crippen LogP contribution in [0.4, 0.5) is 0 Å². The molecule has 2 aliphatic rings. The minimum absolute atomic E-state index is 0. The van der Waals surface area contributed by atoms with Crippen LogP contribution >= 0.6 is 12.4 Å². The molecule has 0 saturated carbocycles. The summed E-state index contributed by atoms with van der Waals surface area (Å²) >= 11 is 0. The predicted octanol–water partition coefficient (Wildman–Crippen LogP) is 1.96. The van der Waals surface area contributed by atoms with Gasteiger partial charge in [-0.1, -0.05) is 24.3 Å². The van der Waals surface area contributed by atoms with Crippen LogP contribution in [0.2, 0.25) is 0 Å². The summed E-state index contributed by atoms with van der Waals surface area (Å²) in [6.07, 6.45) is 3.21. The smallest absolute Gasteiger partial charge is 0.230 e. The zero-order valence-corrected chi connectivity index (χ0v) is 12.1. The molecule has 1 aliphatic heterocycles. The maximum atomic E-state index is 12.6. The molecular weight excluding hydrogens is 260 g/mol. The van der Waals surface area contributed by atoms with Crippen molar-refractivity contribution in [2.24, 2.45) is 0 Å². The number of carbonyl (C=O) groups is 1. The fraction of sp³-hybridized carbons (Fsp3) is 0.533. The molecule has 1 aromatic carbocycles. The summed E-state index contributed by atoms with van der Waals surface area (Å²) in [7, 11) is 1.96. The van der Waals surface area contributed by atoms with E-state index in [9.17, 15) is 4.79 Å². The molecule has 1 fully saturated rings. The fourth-order valence-electron chi connectivity index (χ4n) is 3.25. The summed E-state index contributed by atoms with van der Waals surface area (Å²) in [5, 5.41) is 3.19. The zero-order valence-electron chi connectivity index (χ0n) is 11.3. The second kappa shape index (κ2) is 5.93. The van der Waals surface area contributed by atoms with Gasteiger partial charge in [-0.2, -0.15) is 0 Å². The molecule has 1 heterocycles. The van der Waals surface area contributed by atoms with Gasteiger partial charge in [0.25, 0.3) is 0 Å². The standard InChI is InChI=1S/C15H20N2O.ClH/c1-16-10-12-6-4-8-17(12)15(18)14-9-11-5-2-3-7-13(11)14;/h2-3,5,7,12,14,16H,4,6,8-10H2,1H3;1H. The first-order valence-corrected chi connectivity index (χ1v) is 6.84. The van der Waals surface area contributed by atoms with Gasteiger partial charge in [0.15, 0.2) is 0 Å². The minimum Gasteiger partial charge on any atom is -0.338 e. The van der Waals surface area contributed by atoms with Crippen LogP contribution in [-0.2, 0) is 11.2 Å². The number of rotatable bonds is 3. The molecule has 0 aromatic heterocycles. The van der Waals surface area contributed by atoms with E-state index in [0.717, 1.165) is 32.4 Å². The SMILES string of the molecule is CNCC1CCCN1C(=O)C1Cc2ccccc21.Cl. The molecule has 0 bridgehead atoms. The van der Waals surface area contributed by atoms with Crippen LogP contribution in [0.15, 0.2) is 24.3 Å². The molecule has 1 amide bonds. The van der Waals surface area contributed by atoms with Crippen LogP contribution in [0.3, 0.4) is 0 Å². The van der Waals surface area contributed by atoms with Crippen LogP contribution in [-0.4, -0.2) is 37.0 Å². The third kappa shape index (κ3) is 2.49. The van der Waals surface area contributed by atoms with Gasteiger partial charge in [-0.3, -0.25) is 4.79 Å². The number of carbonyl (C=O) groups excluding carboxylic acids is 1. The van der Waals surface area contributed by atoms with E-state index in [1.165, 1.54) is 11.1 Å². The average Bonchev–Trinajstić information content (AvgIpc) is 2.79. The zero-order chi connectivity index (χ0) is 12.5. The molecule has 0 spiro atoms. The number of nitrogens with zero attached hydrogens (tertiary/aromatic N) is 1. The Bertz CT molecular complexity index is 463. The minimum atomic E-state index is 0. The lowest BCUT2D eigenvalue weighted by molar-refractivity contribution is -0.134. The number of likely N-dealkylation sites (tertiary alicyclic amines) is 1. The Kier molecular flexibility index (Phi) is 4.48. The Morgan fingerprint density at radius 3 is 2.95 bits per heavy atom. The highest BCUT2D eigenvalue weighted by Gasteiger charge is 2.38. The molecule has 0 radical (unpaired) electrons. The summed E-state index contributed by atoms with van der Waals surface area (Å²) in [6, 6.07) is 8.72. The lowest BCUT2D eigenvalue weighted by Gasteiger charge is -2.34. The van der Waals surface area contributed by atoms with Crippen LogP contribution < -0.4 is 5.32 Å². The number of likely N-dealkylation sites (N-methyl/N-ethyl adjacent to an activating group) is 1. The van der Waals surface area contributed by atoms with E-state index < -0.39 is 0 Å². The van der Waals surface area contributed by atoms with Gasteiger partial charge in [-0.05, 0) is 37.4 Å². The van der Waals surface area contributed by atoms with E-state index in [0.29, 0.717) is 11.9 Å². The second-order valence-electron chi connectivity index (χ2n) is 5.34. The van der Waals surface area contributed by atoms with Crippen LogP contribution in [0.1, 0.15) is 29.9 Å². The topological polar surface area (TPSA) is 32.3 Å². The Hall–Kier alpha value is -1.06. The number of fused-ring (bicyclic) bond motifs is 1. The summed E-state index contributed by atoms with van der Waals surface area (Å²) in [5.74, 6) is 0.463. The summed E-state index contributed by atoms with van der Waals surface area (Å²) in [6.45, 7) is 1.85. The summed E-state index contributed by atoms with van der Waals surface area (Å²) < 4.78 is 0. The molecule has 3 rings (SSSR count). The van der Waals surface area contributed by atoms with Crippen molar-refractivity contribution in [1.29, 1.82) is 0 Å². The number of hydrogen-bond donors (Lipinski definition) is 1. The molecule has 1 saturated heterocycles. The van der Waals surface area contributed by atoms with Gasteiger partial charge in [-0.15, -0.1) is 12.4 Å². The van der Waals surface area contributed by atoms with Crippen molar-refractivity contribution >= 4 is 18.3 Å². The van der Waals surface area contributed by atoms with Gasteiger partial charge >= 0.3 is 0 Å². The highest BCUT2D eigenvalue weighted by Crippen LogP contribution is 2.37. The van der Waals surface area contributed by atoms with Gasteiger partial charge in [0.2, 0.25) is 5.91 Å². The van der Waals surface area contributed by atoms with E-state index >= 15 is 0 Å². The number of halogens is 1. The maximum Gasteiger partial charge on any atom is 0.230 e. The lowest BCUT2D eigenvalue weighted by Crippen LogP contribution is -2.45. The molecule has 1 aromatic rings. The number of benzene rings is 1. The number of hydrogen-bond acceptors (Lipinski definition) is 2. The fourth-order valence-corrected chi connectivity index (χ4v) is 3.25. The largest absolute Gasteiger partial charge is 0.338 e. The molecule has 1 N–H and O–H groups in total. The molecule has 3 nitrogen and oxygen atoms in total. The third-order valence-corrected chi connectivity index (χ3v) is 4.25. The Labute approximate surface area is 120 Å². The summed E-state index contributed by atoms with van der Waals surface area (Å²) in [5.41, 5.74) is 2.60. The normalized spacial score (nSPS) is 24.4. The number of amides is 1. The van der Waals surface area contributed by atoms with Crippen molar-refractivity contribution < 1.29 is 4.79 Å². The van der Waals surface area contributed by atoms with Crippen molar-refractivity contribution in [3.05, 3.63) is 35.4 Å². The maximum absolute atomic E-state index is 12.6. The average molecular weight is 281 g/mol. The molecule has 104 valence electrons. The lowest BCUT2D eigenvalue weighted by atomic mass is 9.77. The molecular formula is C15H21ClN2O. The monoisotopic (exact) mass is 280 g/mol. The summed E-state index contributed by atoms with van der Waals surface area (Å²) in [4.78, 5) is 14.7. The van der Waals surface area contributed by atoms with Crippen LogP contribution in [0.25, 0.3) is 0 Å². The molecule has 2 atom stereocenters. The predicted molar refractivity (Wildman–Crippen MR) is 78.8 cm³/mol. The van der Waals surface area contributed by atoms with E-state index in [2.05, 4.69) is 28.4 Å². The van der Waals surface area contributed by atoms with E-state index in [4.69, 9.17) is 0 Å². The van der Waals surface area contributed by atoms with Gasteiger partial charge in [0.05, 0.1) is 5.92 Å². The molecule has 1 aliphatic carbocycles. The van der Waals surface area contributed by atoms with Crippen LogP contribution in [0, 0.1) is 0 Å². The Morgan fingerprint density at radius 1 is 1.42 bits per heavy atom. The Balaban J connectivity index is 0.00000133. The van der Waals surface area contributed by atoms with Crippen molar-refractivity contribution in [3.8, 4) is 0 Å². The van der Waals surface area contributed by atoms with E-state index in [-0.39, 0.29) is 18.3 Å². The van der Waals surface area contributed by atoms with Crippen molar-refractivity contribution in [1.82, 2.24) is 10.2 Å². The molecule has 19 heavy (non-hydrogen) atoms. The van der Waals surface area contributed by atoms with Gasteiger partial charge in [0.1, 0.15) is 0 Å².